The molecule has 3 heterocycles. The standard InChI is InChI=1S/C23H21N5O5S/c1-32-19-11-14(28(30)31)7-9-16(19)18-10-8-15(33-18)12-17-20(24)27-23(25-21(17)29)34-22(26-27)13-5-3-2-4-6-13/h7-13,24H,2-6H2,1H3. The van der Waals surface area contributed by atoms with E-state index in [9.17, 15) is 14.9 Å². The van der Waals surface area contributed by atoms with Gasteiger partial charge in [-0.25, -0.2) is 0 Å². The van der Waals surface area contributed by atoms with Crippen LogP contribution in [0.15, 0.2) is 50.4 Å². The predicted octanol–water partition coefficient (Wildman–Crippen LogP) is 5.06. The van der Waals surface area contributed by atoms with Crippen LogP contribution in [-0.2, 0) is 4.79 Å². The fraction of sp³-hybridized carbons (Fsp3) is 0.304. The largest absolute Gasteiger partial charge is 0.496 e. The number of amidine groups is 2. The number of non-ortho nitro benzene ring substituents is 1. The van der Waals surface area contributed by atoms with Crippen molar-refractivity contribution in [1.29, 1.82) is 5.41 Å². The summed E-state index contributed by atoms with van der Waals surface area (Å²) in [5, 5.41) is 27.0. The summed E-state index contributed by atoms with van der Waals surface area (Å²) in [7, 11) is 1.42. The third kappa shape index (κ3) is 4.03. The second kappa shape index (κ2) is 8.90. The zero-order valence-corrected chi connectivity index (χ0v) is 19.1. The Bertz CT molecular complexity index is 1290. The van der Waals surface area contributed by atoms with Crippen LogP contribution in [0.2, 0.25) is 0 Å². The zero-order chi connectivity index (χ0) is 23.8. The smallest absolute Gasteiger partial charge is 0.283 e. The van der Waals surface area contributed by atoms with Gasteiger partial charge in [0.2, 0.25) is 5.17 Å². The summed E-state index contributed by atoms with van der Waals surface area (Å²) >= 11 is 1.38. The van der Waals surface area contributed by atoms with E-state index in [0.29, 0.717) is 28.2 Å². The Morgan fingerprint density at radius 2 is 2.06 bits per heavy atom. The second-order valence-electron chi connectivity index (χ2n) is 8.14. The van der Waals surface area contributed by atoms with Gasteiger partial charge in [0, 0.05) is 12.0 Å². The van der Waals surface area contributed by atoms with Gasteiger partial charge in [-0.05, 0) is 48.9 Å². The molecule has 5 rings (SSSR count). The summed E-state index contributed by atoms with van der Waals surface area (Å²) in [5.41, 5.74) is 0.511. The number of benzene rings is 1. The minimum absolute atomic E-state index is 0.0424. The summed E-state index contributed by atoms with van der Waals surface area (Å²) in [6.45, 7) is 0. The van der Waals surface area contributed by atoms with Gasteiger partial charge in [0.15, 0.2) is 5.84 Å². The molecule has 34 heavy (non-hydrogen) atoms. The van der Waals surface area contributed by atoms with E-state index in [1.165, 1.54) is 61.4 Å². The molecule has 1 fully saturated rings. The minimum Gasteiger partial charge on any atom is -0.496 e. The van der Waals surface area contributed by atoms with Gasteiger partial charge in [0.05, 0.1) is 29.2 Å². The number of methoxy groups -OCH3 is 1. The highest BCUT2D eigenvalue weighted by Crippen LogP contribution is 2.37. The highest BCUT2D eigenvalue weighted by atomic mass is 32.2. The lowest BCUT2D eigenvalue weighted by Gasteiger charge is -2.20. The van der Waals surface area contributed by atoms with Crippen molar-refractivity contribution in [2.24, 2.45) is 16.0 Å². The Balaban J connectivity index is 1.41. The van der Waals surface area contributed by atoms with Crippen LogP contribution >= 0.6 is 11.8 Å². The Morgan fingerprint density at radius 1 is 1.26 bits per heavy atom. The molecular formula is C23H21N5O5S. The number of nitro benzene ring substituents is 1. The van der Waals surface area contributed by atoms with Gasteiger partial charge in [-0.1, -0.05) is 19.3 Å². The number of carbonyl (C=O) groups excluding carboxylic acids is 1. The number of aliphatic imine (C=N–C) groups is 1. The van der Waals surface area contributed by atoms with Gasteiger partial charge in [-0.3, -0.25) is 20.3 Å². The lowest BCUT2D eigenvalue weighted by atomic mass is 9.90. The van der Waals surface area contributed by atoms with Gasteiger partial charge in [-0.15, -0.1) is 0 Å². The van der Waals surface area contributed by atoms with Crippen LogP contribution in [0.25, 0.3) is 17.4 Å². The average molecular weight is 480 g/mol. The van der Waals surface area contributed by atoms with Crippen molar-refractivity contribution < 1.29 is 18.9 Å². The van der Waals surface area contributed by atoms with Gasteiger partial charge in [-0.2, -0.15) is 15.1 Å². The first kappa shape index (κ1) is 22.1. The second-order valence-corrected chi connectivity index (χ2v) is 9.12. The van der Waals surface area contributed by atoms with E-state index < -0.39 is 10.8 Å². The topological polar surface area (TPSA) is 134 Å². The number of hydrogen-bond acceptors (Lipinski definition) is 8. The Morgan fingerprint density at radius 3 is 2.79 bits per heavy atom. The average Bonchev–Trinajstić information content (AvgIpc) is 3.49. The van der Waals surface area contributed by atoms with Gasteiger partial charge in [0.25, 0.3) is 11.6 Å². The number of hydrazone groups is 1. The fourth-order valence-corrected chi connectivity index (χ4v) is 5.29. The SMILES string of the molecule is COc1cc([N+](=O)[O-])ccc1-c1ccc(C=C2C(=N)N3N=C(C4CCCCC4)SC3=NC2=O)o1. The van der Waals surface area contributed by atoms with Crippen molar-refractivity contribution >= 4 is 45.5 Å². The fourth-order valence-electron chi connectivity index (χ4n) is 4.24. The van der Waals surface area contributed by atoms with E-state index in [0.717, 1.165) is 17.9 Å². The van der Waals surface area contributed by atoms with Crippen molar-refractivity contribution in [3.05, 3.63) is 51.8 Å². The zero-order valence-electron chi connectivity index (χ0n) is 18.3. The van der Waals surface area contributed by atoms with E-state index in [1.54, 1.807) is 18.2 Å². The first-order chi connectivity index (χ1) is 16.4. The number of rotatable bonds is 5. The highest BCUT2D eigenvalue weighted by molar-refractivity contribution is 8.27. The minimum atomic E-state index is -0.519. The summed E-state index contributed by atoms with van der Waals surface area (Å²) in [4.78, 5) is 27.4. The third-order valence-corrected chi connectivity index (χ3v) is 7.07. The van der Waals surface area contributed by atoms with Crippen LogP contribution in [0.5, 0.6) is 5.75 Å². The van der Waals surface area contributed by atoms with E-state index in [4.69, 9.17) is 14.6 Å². The van der Waals surface area contributed by atoms with Crippen LogP contribution in [0, 0.1) is 21.4 Å². The van der Waals surface area contributed by atoms with Crippen molar-refractivity contribution in [2.45, 2.75) is 32.1 Å². The number of carbonyl (C=O) groups is 1. The first-order valence-corrected chi connectivity index (χ1v) is 11.7. The number of hydrogen-bond donors (Lipinski definition) is 1. The number of nitrogens with zero attached hydrogens (tertiary/aromatic N) is 4. The maximum absolute atomic E-state index is 12.7. The van der Waals surface area contributed by atoms with Crippen LogP contribution in [-0.4, -0.2) is 39.0 Å². The van der Waals surface area contributed by atoms with Crippen LogP contribution in [0.4, 0.5) is 5.69 Å². The summed E-state index contributed by atoms with van der Waals surface area (Å²) in [6.07, 6.45) is 7.16. The lowest BCUT2D eigenvalue weighted by molar-refractivity contribution is -0.384. The monoisotopic (exact) mass is 479 g/mol. The van der Waals surface area contributed by atoms with Crippen molar-refractivity contribution in [3.63, 3.8) is 0 Å². The highest BCUT2D eigenvalue weighted by Gasteiger charge is 2.38. The Kier molecular flexibility index (Phi) is 5.78. The van der Waals surface area contributed by atoms with E-state index in [1.807, 2.05) is 0 Å². The molecule has 0 spiro atoms. The van der Waals surface area contributed by atoms with Crippen molar-refractivity contribution in [3.8, 4) is 17.1 Å². The molecular weight excluding hydrogens is 458 g/mol. The van der Waals surface area contributed by atoms with Gasteiger partial charge >= 0.3 is 0 Å². The number of nitro groups is 1. The third-order valence-electron chi connectivity index (χ3n) is 6.00. The molecule has 1 aromatic carbocycles. The van der Waals surface area contributed by atoms with Crippen LogP contribution in [0.3, 0.4) is 0 Å². The maximum atomic E-state index is 12.7. The van der Waals surface area contributed by atoms with E-state index in [2.05, 4.69) is 10.1 Å². The van der Waals surface area contributed by atoms with Crippen LogP contribution < -0.4 is 4.74 Å². The van der Waals surface area contributed by atoms with Gasteiger partial charge < -0.3 is 9.15 Å². The summed E-state index contributed by atoms with van der Waals surface area (Å²) in [5.74, 6) is 0.829. The van der Waals surface area contributed by atoms with Crippen molar-refractivity contribution in [1.82, 2.24) is 5.01 Å². The maximum Gasteiger partial charge on any atom is 0.283 e. The number of furan rings is 1. The van der Waals surface area contributed by atoms with Gasteiger partial charge in [0.1, 0.15) is 22.3 Å². The van der Waals surface area contributed by atoms with Crippen LogP contribution in [0.1, 0.15) is 37.9 Å². The molecule has 174 valence electrons. The molecule has 3 aliphatic rings. The van der Waals surface area contributed by atoms with Crippen molar-refractivity contribution in [2.75, 3.05) is 7.11 Å². The molecule has 0 saturated heterocycles. The molecule has 0 atom stereocenters. The molecule has 1 aromatic heterocycles. The molecule has 1 saturated carbocycles. The number of fused-ring (bicyclic) bond motifs is 1. The van der Waals surface area contributed by atoms with E-state index >= 15 is 0 Å². The summed E-state index contributed by atoms with van der Waals surface area (Å²) in [6, 6.07) is 7.55. The molecule has 2 aliphatic heterocycles. The van der Waals surface area contributed by atoms with E-state index in [-0.39, 0.29) is 22.8 Å². The molecule has 1 N–H and O–H groups in total. The number of nitrogens with one attached hydrogen (secondary N) is 1. The number of ether oxygens (including phenoxy) is 1. The summed E-state index contributed by atoms with van der Waals surface area (Å²) < 4.78 is 11.1. The predicted molar refractivity (Wildman–Crippen MR) is 129 cm³/mol. The lowest BCUT2D eigenvalue weighted by Crippen LogP contribution is -2.35. The Hall–Kier alpha value is -3.73. The quantitative estimate of drug-likeness (QED) is 0.360. The molecule has 1 amide bonds. The molecule has 0 radical (unpaired) electrons. The normalized spacial score (nSPS) is 19.8. The first-order valence-electron chi connectivity index (χ1n) is 10.9. The molecule has 0 unspecified atom stereocenters. The molecule has 10 nitrogen and oxygen atoms in total. The Labute approximate surface area is 199 Å². The molecule has 11 heteroatoms. The number of thioether (sulfide) groups is 1. The molecule has 2 aromatic rings. The number of amides is 1. The molecule has 0 bridgehead atoms. The molecule has 1 aliphatic carbocycles.